The number of nitrogens with one attached hydrogen (secondary N) is 1. The van der Waals surface area contributed by atoms with E-state index in [-0.39, 0.29) is 11.9 Å². The maximum Gasteiger partial charge on any atom is 0.220 e. The summed E-state index contributed by atoms with van der Waals surface area (Å²) in [7, 11) is 0. The first-order valence-corrected chi connectivity index (χ1v) is 9.15. The number of carbonyl (C=O) groups is 1. The lowest BCUT2D eigenvalue weighted by Gasteiger charge is -2.21. The van der Waals surface area contributed by atoms with Crippen LogP contribution in [0.5, 0.6) is 5.75 Å². The minimum absolute atomic E-state index is 0.0610. The summed E-state index contributed by atoms with van der Waals surface area (Å²) in [6.07, 6.45) is 2.06. The van der Waals surface area contributed by atoms with Crippen molar-refractivity contribution >= 4 is 17.5 Å². The highest BCUT2D eigenvalue weighted by atomic mass is 35.5. The van der Waals surface area contributed by atoms with Crippen molar-refractivity contribution in [1.29, 1.82) is 0 Å². The summed E-state index contributed by atoms with van der Waals surface area (Å²) in [5.74, 6) is 1.35. The fraction of sp³-hybridized carbons (Fsp3) is 0.381. The molecule has 0 radical (unpaired) electrons. The van der Waals surface area contributed by atoms with Gasteiger partial charge in [0.05, 0.1) is 12.6 Å². The van der Waals surface area contributed by atoms with Gasteiger partial charge in [-0.05, 0) is 48.6 Å². The van der Waals surface area contributed by atoms with Gasteiger partial charge >= 0.3 is 0 Å². The van der Waals surface area contributed by atoms with Gasteiger partial charge in [0.2, 0.25) is 5.91 Å². The van der Waals surface area contributed by atoms with E-state index in [9.17, 15) is 4.79 Å². The Bertz CT molecular complexity index is 641. The fourth-order valence-electron chi connectivity index (χ4n) is 2.66. The molecule has 2 aromatic rings. The largest absolute Gasteiger partial charge is 0.494 e. The van der Waals surface area contributed by atoms with Crippen molar-refractivity contribution in [2.75, 3.05) is 6.61 Å². The molecule has 0 saturated carbocycles. The van der Waals surface area contributed by atoms with Gasteiger partial charge in [0.25, 0.3) is 0 Å². The molecule has 0 aliphatic heterocycles. The third-order valence-corrected chi connectivity index (χ3v) is 4.13. The van der Waals surface area contributed by atoms with E-state index in [1.54, 1.807) is 12.1 Å². The second kappa shape index (κ2) is 10.1. The molecule has 0 aliphatic rings. The van der Waals surface area contributed by atoms with Crippen molar-refractivity contribution in [3.63, 3.8) is 0 Å². The molecule has 0 spiro atoms. The number of benzene rings is 2. The van der Waals surface area contributed by atoms with Gasteiger partial charge in [-0.2, -0.15) is 0 Å². The molecule has 134 valence electrons. The quantitative estimate of drug-likeness (QED) is 0.608. The molecular weight excluding hydrogens is 334 g/mol. The van der Waals surface area contributed by atoms with Crippen molar-refractivity contribution < 1.29 is 9.53 Å². The molecule has 0 bridgehead atoms. The molecule has 2 aromatic carbocycles. The van der Waals surface area contributed by atoms with Gasteiger partial charge in [-0.15, -0.1) is 0 Å². The van der Waals surface area contributed by atoms with E-state index < -0.39 is 0 Å². The van der Waals surface area contributed by atoms with Gasteiger partial charge in [-0.3, -0.25) is 4.79 Å². The molecule has 0 aromatic heterocycles. The molecule has 0 unspecified atom stereocenters. The molecule has 1 N–H and O–H groups in total. The molecule has 2 rings (SSSR count). The average Bonchev–Trinajstić information content (AvgIpc) is 2.60. The highest BCUT2D eigenvalue weighted by Gasteiger charge is 2.15. The maximum absolute atomic E-state index is 12.3. The number of hydrogen-bond acceptors (Lipinski definition) is 2. The van der Waals surface area contributed by atoms with Crippen LogP contribution in [0.2, 0.25) is 5.02 Å². The van der Waals surface area contributed by atoms with E-state index in [4.69, 9.17) is 16.3 Å². The Morgan fingerprint density at radius 3 is 2.40 bits per heavy atom. The molecule has 0 fully saturated rings. The minimum Gasteiger partial charge on any atom is -0.494 e. The van der Waals surface area contributed by atoms with Crippen LogP contribution in [0.3, 0.4) is 0 Å². The Morgan fingerprint density at radius 2 is 1.76 bits per heavy atom. The van der Waals surface area contributed by atoms with Crippen LogP contribution in [0.1, 0.15) is 44.7 Å². The predicted octanol–water partition coefficient (Wildman–Crippen LogP) is 5.40. The monoisotopic (exact) mass is 359 g/mol. The summed E-state index contributed by atoms with van der Waals surface area (Å²) in [5.41, 5.74) is 1.15. The molecule has 25 heavy (non-hydrogen) atoms. The van der Waals surface area contributed by atoms with Gasteiger partial charge in [-0.1, -0.05) is 55.8 Å². The zero-order valence-electron chi connectivity index (χ0n) is 14.9. The lowest BCUT2D eigenvalue weighted by molar-refractivity contribution is -0.122. The van der Waals surface area contributed by atoms with Crippen LogP contribution >= 0.6 is 11.6 Å². The molecule has 4 heteroatoms. The number of hydrogen-bond donors (Lipinski definition) is 1. The lowest BCUT2D eigenvalue weighted by Crippen LogP contribution is -2.29. The fourth-order valence-corrected chi connectivity index (χ4v) is 2.78. The topological polar surface area (TPSA) is 38.3 Å². The van der Waals surface area contributed by atoms with Gasteiger partial charge in [-0.25, -0.2) is 0 Å². The maximum atomic E-state index is 12.3. The van der Waals surface area contributed by atoms with Gasteiger partial charge < -0.3 is 10.1 Å². The molecule has 0 saturated heterocycles. The Hall–Kier alpha value is -2.00. The van der Waals surface area contributed by atoms with Crippen LogP contribution in [0, 0.1) is 5.92 Å². The molecule has 0 heterocycles. The summed E-state index contributed by atoms with van der Waals surface area (Å²) < 4.78 is 5.63. The van der Waals surface area contributed by atoms with E-state index >= 15 is 0 Å². The van der Waals surface area contributed by atoms with Crippen LogP contribution in [0.15, 0.2) is 54.6 Å². The zero-order chi connectivity index (χ0) is 18.1. The standard InChI is InChI=1S/C21H26ClNO2/c1-16(2)15-20(17-7-4-3-5-8-17)23-21(24)9-6-14-25-19-12-10-18(22)11-13-19/h3-5,7-8,10-13,16,20H,6,9,14-15H2,1-2H3,(H,23,24)/t20-/m0/s1. The number of amides is 1. The summed E-state index contributed by atoms with van der Waals surface area (Å²) >= 11 is 5.84. The highest BCUT2D eigenvalue weighted by Crippen LogP contribution is 2.21. The van der Waals surface area contributed by atoms with E-state index in [1.807, 2.05) is 30.3 Å². The van der Waals surface area contributed by atoms with Crippen LogP contribution in [0.25, 0.3) is 0 Å². The number of carbonyl (C=O) groups excluding carboxylic acids is 1. The average molecular weight is 360 g/mol. The zero-order valence-corrected chi connectivity index (χ0v) is 15.6. The Labute approximate surface area is 155 Å². The van der Waals surface area contributed by atoms with Crippen molar-refractivity contribution in [2.45, 2.75) is 39.2 Å². The molecule has 3 nitrogen and oxygen atoms in total. The first kappa shape index (κ1) is 19.3. The van der Waals surface area contributed by atoms with Crippen molar-refractivity contribution in [2.24, 2.45) is 5.92 Å². The SMILES string of the molecule is CC(C)C[C@H](NC(=O)CCCOc1ccc(Cl)cc1)c1ccccc1. The van der Waals surface area contributed by atoms with Gasteiger partial charge in [0.15, 0.2) is 0 Å². The van der Waals surface area contributed by atoms with Crippen LogP contribution < -0.4 is 10.1 Å². The molecule has 0 aliphatic carbocycles. The Kier molecular flexibility index (Phi) is 7.80. The van der Waals surface area contributed by atoms with Gasteiger partial charge in [0.1, 0.15) is 5.75 Å². The highest BCUT2D eigenvalue weighted by molar-refractivity contribution is 6.30. The third-order valence-electron chi connectivity index (χ3n) is 3.87. The van der Waals surface area contributed by atoms with Crippen molar-refractivity contribution in [3.05, 3.63) is 65.2 Å². The summed E-state index contributed by atoms with van der Waals surface area (Å²) in [5, 5.41) is 3.84. The normalized spacial score (nSPS) is 12.0. The van der Waals surface area contributed by atoms with E-state index in [1.165, 1.54) is 0 Å². The summed E-state index contributed by atoms with van der Waals surface area (Å²) in [6, 6.07) is 17.4. The lowest BCUT2D eigenvalue weighted by atomic mass is 9.97. The minimum atomic E-state index is 0.0610. The smallest absolute Gasteiger partial charge is 0.220 e. The first-order valence-electron chi connectivity index (χ1n) is 8.77. The first-order chi connectivity index (χ1) is 12.0. The third kappa shape index (κ3) is 7.18. The summed E-state index contributed by atoms with van der Waals surface area (Å²) in [6.45, 7) is 4.85. The second-order valence-electron chi connectivity index (χ2n) is 6.57. The van der Waals surface area contributed by atoms with Crippen molar-refractivity contribution in [1.82, 2.24) is 5.32 Å². The van der Waals surface area contributed by atoms with E-state index in [2.05, 4.69) is 31.3 Å². The Balaban J connectivity index is 1.77. The molecule has 1 amide bonds. The number of rotatable bonds is 9. The number of ether oxygens (including phenoxy) is 1. The molecule has 1 atom stereocenters. The van der Waals surface area contributed by atoms with Crippen LogP contribution in [0.4, 0.5) is 0 Å². The van der Waals surface area contributed by atoms with E-state index in [0.717, 1.165) is 17.7 Å². The van der Waals surface area contributed by atoms with Gasteiger partial charge in [0, 0.05) is 11.4 Å². The second-order valence-corrected chi connectivity index (χ2v) is 7.00. The summed E-state index contributed by atoms with van der Waals surface area (Å²) in [4.78, 5) is 12.3. The Morgan fingerprint density at radius 1 is 1.08 bits per heavy atom. The number of halogens is 1. The molecular formula is C21H26ClNO2. The van der Waals surface area contributed by atoms with Crippen LogP contribution in [-0.2, 0) is 4.79 Å². The van der Waals surface area contributed by atoms with E-state index in [0.29, 0.717) is 30.4 Å². The van der Waals surface area contributed by atoms with Crippen LogP contribution in [-0.4, -0.2) is 12.5 Å². The van der Waals surface area contributed by atoms with Crippen molar-refractivity contribution in [3.8, 4) is 5.75 Å². The predicted molar refractivity (Wildman–Crippen MR) is 103 cm³/mol.